The molecule has 2 aliphatic rings. The summed E-state index contributed by atoms with van der Waals surface area (Å²) in [6.45, 7) is 2.22. The number of nitrogens with zero attached hydrogens (tertiary/aromatic N) is 1. The molecule has 1 saturated carbocycles. The average Bonchev–Trinajstić information content (AvgIpc) is 3.14. The van der Waals surface area contributed by atoms with Gasteiger partial charge >= 0.3 is 5.97 Å². The van der Waals surface area contributed by atoms with Crippen molar-refractivity contribution in [3.05, 3.63) is 34.3 Å². The number of benzene rings is 1. The fraction of sp³-hybridized carbons (Fsp3) is 0.500. The molecule has 1 amide bonds. The van der Waals surface area contributed by atoms with Crippen molar-refractivity contribution in [1.82, 2.24) is 4.90 Å². The van der Waals surface area contributed by atoms with E-state index < -0.39 is 11.5 Å². The Bertz CT molecular complexity index is 603. The summed E-state index contributed by atoms with van der Waals surface area (Å²) in [7, 11) is 0. The minimum atomic E-state index is -1.03. The molecular weight excluding hydrogens is 334 g/mol. The quantitative estimate of drug-likeness (QED) is 0.910. The lowest BCUT2D eigenvalue weighted by atomic mass is 9.98. The summed E-state index contributed by atoms with van der Waals surface area (Å²) in [6.07, 6.45) is 2.13. The van der Waals surface area contributed by atoms with Crippen molar-refractivity contribution in [1.29, 1.82) is 0 Å². The predicted octanol–water partition coefficient (Wildman–Crippen LogP) is 3.02. The molecule has 1 N–H and O–H groups in total. The molecule has 0 bridgehead atoms. The Morgan fingerprint density at radius 1 is 1.43 bits per heavy atom. The summed E-state index contributed by atoms with van der Waals surface area (Å²) in [6, 6.07) is 8.00. The van der Waals surface area contributed by atoms with Crippen molar-refractivity contribution < 1.29 is 14.7 Å². The van der Waals surface area contributed by atoms with Gasteiger partial charge in [-0.05, 0) is 49.8 Å². The Kier molecular flexibility index (Phi) is 3.56. The first kappa shape index (κ1) is 14.6. The molecule has 2 fully saturated rings. The Hall–Kier alpha value is -1.36. The van der Waals surface area contributed by atoms with E-state index in [9.17, 15) is 14.7 Å². The van der Waals surface area contributed by atoms with Crippen LogP contribution >= 0.6 is 15.9 Å². The summed E-state index contributed by atoms with van der Waals surface area (Å²) < 4.78 is 1.01. The highest BCUT2D eigenvalue weighted by atomic mass is 79.9. The smallest absolute Gasteiger partial charge is 0.329 e. The SMILES string of the molecule is CC1(C(=O)O)CCCN1C(=O)C1CC1c1cccc(Br)c1. The Morgan fingerprint density at radius 3 is 2.86 bits per heavy atom. The van der Waals surface area contributed by atoms with Gasteiger partial charge in [-0.1, -0.05) is 28.1 Å². The fourth-order valence-electron chi connectivity index (χ4n) is 3.31. The van der Waals surface area contributed by atoms with Crippen molar-refractivity contribution >= 4 is 27.8 Å². The third kappa shape index (κ3) is 2.48. The van der Waals surface area contributed by atoms with Gasteiger partial charge in [0.2, 0.25) is 5.91 Å². The van der Waals surface area contributed by atoms with Crippen LogP contribution < -0.4 is 0 Å². The molecule has 1 aromatic rings. The zero-order valence-corrected chi connectivity index (χ0v) is 13.5. The zero-order chi connectivity index (χ0) is 15.2. The van der Waals surface area contributed by atoms with Crippen LogP contribution in [0.4, 0.5) is 0 Å². The molecule has 1 aliphatic heterocycles. The fourth-order valence-corrected chi connectivity index (χ4v) is 3.73. The van der Waals surface area contributed by atoms with Gasteiger partial charge in [0.05, 0.1) is 0 Å². The van der Waals surface area contributed by atoms with E-state index in [4.69, 9.17) is 0 Å². The Labute approximate surface area is 132 Å². The second-order valence-electron chi connectivity index (χ2n) is 6.18. The van der Waals surface area contributed by atoms with Crippen LogP contribution in [0.25, 0.3) is 0 Å². The number of carbonyl (C=O) groups is 2. The number of aliphatic carboxylic acids is 1. The van der Waals surface area contributed by atoms with Crippen molar-refractivity contribution in [2.24, 2.45) is 5.92 Å². The number of carboxylic acids is 1. The molecule has 112 valence electrons. The number of halogens is 1. The van der Waals surface area contributed by atoms with E-state index in [0.29, 0.717) is 13.0 Å². The average molecular weight is 352 g/mol. The van der Waals surface area contributed by atoms with Crippen LogP contribution in [-0.2, 0) is 9.59 Å². The third-order valence-corrected chi connectivity index (χ3v) is 5.25. The van der Waals surface area contributed by atoms with Gasteiger partial charge in [-0.15, -0.1) is 0 Å². The lowest BCUT2D eigenvalue weighted by Crippen LogP contribution is -2.51. The van der Waals surface area contributed by atoms with Crippen LogP contribution in [0.3, 0.4) is 0 Å². The van der Waals surface area contributed by atoms with Crippen molar-refractivity contribution in [3.63, 3.8) is 0 Å². The van der Waals surface area contributed by atoms with Crippen LogP contribution in [0.5, 0.6) is 0 Å². The van der Waals surface area contributed by atoms with E-state index in [1.165, 1.54) is 0 Å². The molecule has 3 atom stereocenters. The highest BCUT2D eigenvalue weighted by Gasteiger charge is 2.53. The van der Waals surface area contributed by atoms with Gasteiger partial charge in [0.25, 0.3) is 0 Å². The molecule has 0 spiro atoms. The van der Waals surface area contributed by atoms with Crippen molar-refractivity contribution in [2.75, 3.05) is 6.54 Å². The number of hydrogen-bond donors (Lipinski definition) is 1. The second kappa shape index (κ2) is 5.13. The maximum absolute atomic E-state index is 12.6. The second-order valence-corrected chi connectivity index (χ2v) is 7.09. The lowest BCUT2D eigenvalue weighted by Gasteiger charge is -2.31. The summed E-state index contributed by atoms with van der Waals surface area (Å²) in [5.41, 5.74) is 0.126. The predicted molar refractivity (Wildman–Crippen MR) is 82.0 cm³/mol. The van der Waals surface area contributed by atoms with Crippen LogP contribution in [0.2, 0.25) is 0 Å². The summed E-state index contributed by atoms with van der Waals surface area (Å²) in [5.74, 6) is -0.722. The third-order valence-electron chi connectivity index (χ3n) is 4.75. The van der Waals surface area contributed by atoms with E-state index >= 15 is 0 Å². The molecule has 1 heterocycles. The molecule has 0 radical (unpaired) electrons. The van der Waals surface area contributed by atoms with Gasteiger partial charge in [-0.2, -0.15) is 0 Å². The van der Waals surface area contributed by atoms with Gasteiger partial charge in [-0.3, -0.25) is 4.79 Å². The van der Waals surface area contributed by atoms with Crippen molar-refractivity contribution in [2.45, 2.75) is 37.6 Å². The zero-order valence-electron chi connectivity index (χ0n) is 11.9. The molecule has 1 aromatic carbocycles. The van der Waals surface area contributed by atoms with Gasteiger partial charge < -0.3 is 10.0 Å². The maximum atomic E-state index is 12.6. The van der Waals surface area contributed by atoms with E-state index in [-0.39, 0.29) is 17.7 Å². The number of rotatable bonds is 3. The van der Waals surface area contributed by atoms with Gasteiger partial charge in [0, 0.05) is 16.9 Å². The van der Waals surface area contributed by atoms with Gasteiger partial charge in [0.1, 0.15) is 5.54 Å². The summed E-state index contributed by atoms with van der Waals surface area (Å²) in [4.78, 5) is 25.7. The highest BCUT2D eigenvalue weighted by molar-refractivity contribution is 9.10. The molecule has 1 aliphatic carbocycles. The Balaban J connectivity index is 1.75. The van der Waals surface area contributed by atoms with Crippen molar-refractivity contribution in [3.8, 4) is 0 Å². The van der Waals surface area contributed by atoms with E-state index in [1.807, 2.05) is 24.3 Å². The number of likely N-dealkylation sites (tertiary alicyclic amines) is 1. The molecule has 21 heavy (non-hydrogen) atoms. The first-order chi connectivity index (χ1) is 9.93. The first-order valence-corrected chi connectivity index (χ1v) is 8.03. The Morgan fingerprint density at radius 2 is 2.19 bits per heavy atom. The largest absolute Gasteiger partial charge is 0.480 e. The molecule has 1 saturated heterocycles. The molecule has 3 unspecified atom stereocenters. The van der Waals surface area contributed by atoms with Crippen LogP contribution in [0, 0.1) is 5.92 Å². The first-order valence-electron chi connectivity index (χ1n) is 7.24. The highest BCUT2D eigenvalue weighted by Crippen LogP contribution is 2.50. The number of carbonyl (C=O) groups excluding carboxylic acids is 1. The summed E-state index contributed by atoms with van der Waals surface area (Å²) >= 11 is 3.45. The number of hydrogen-bond acceptors (Lipinski definition) is 2. The molecule has 4 nitrogen and oxygen atoms in total. The molecule has 5 heteroatoms. The van der Waals surface area contributed by atoms with Gasteiger partial charge in [-0.25, -0.2) is 4.79 Å². The van der Waals surface area contributed by atoms with Crippen LogP contribution in [-0.4, -0.2) is 34.0 Å². The number of carboxylic acid groups (broad SMARTS) is 1. The normalized spacial score (nSPS) is 31.2. The van der Waals surface area contributed by atoms with Crippen LogP contribution in [0.15, 0.2) is 28.7 Å². The maximum Gasteiger partial charge on any atom is 0.329 e. The van der Waals surface area contributed by atoms with E-state index in [1.54, 1.807) is 11.8 Å². The van der Waals surface area contributed by atoms with E-state index in [0.717, 1.165) is 22.9 Å². The molecule has 3 rings (SSSR count). The molecule has 0 aromatic heterocycles. The van der Waals surface area contributed by atoms with E-state index in [2.05, 4.69) is 15.9 Å². The van der Waals surface area contributed by atoms with Gasteiger partial charge in [0.15, 0.2) is 0 Å². The number of amides is 1. The topological polar surface area (TPSA) is 57.6 Å². The minimum absolute atomic E-state index is 0.00220. The standard InChI is InChI=1S/C16H18BrNO3/c1-16(15(20)21)6-3-7-18(16)14(19)13-9-12(13)10-4-2-5-11(17)8-10/h2,4-5,8,12-13H,3,6-7,9H2,1H3,(H,20,21). The lowest BCUT2D eigenvalue weighted by molar-refractivity contribution is -0.155. The summed E-state index contributed by atoms with van der Waals surface area (Å²) in [5, 5.41) is 9.41. The van der Waals surface area contributed by atoms with Crippen LogP contribution in [0.1, 0.15) is 37.7 Å². The minimum Gasteiger partial charge on any atom is -0.480 e. The monoisotopic (exact) mass is 351 g/mol. The molecular formula is C16H18BrNO3.